The van der Waals surface area contributed by atoms with Crippen molar-refractivity contribution in [1.29, 1.82) is 0 Å². The zero-order valence-corrected chi connectivity index (χ0v) is 34.7. The van der Waals surface area contributed by atoms with Crippen molar-refractivity contribution < 1.29 is 53.4 Å². The van der Waals surface area contributed by atoms with Crippen molar-refractivity contribution >= 4 is 22.9 Å². The van der Waals surface area contributed by atoms with Crippen LogP contribution >= 0.6 is 0 Å². The average Bonchev–Trinajstić information content (AvgIpc) is 3.62. The molecule has 1 atom stereocenters. The molecule has 0 bridgehead atoms. The van der Waals surface area contributed by atoms with Gasteiger partial charge >= 0.3 is 68.0 Å². The van der Waals surface area contributed by atoms with Crippen molar-refractivity contribution in [2.45, 2.75) is 92.3 Å². The van der Waals surface area contributed by atoms with Crippen molar-refractivity contribution in [3.63, 3.8) is 0 Å². The van der Waals surface area contributed by atoms with Gasteiger partial charge in [-0.25, -0.2) is 16.3 Å². The van der Waals surface area contributed by atoms with Crippen LogP contribution in [0, 0.1) is 23.9 Å². The van der Waals surface area contributed by atoms with E-state index in [-0.39, 0.29) is 41.5 Å². The van der Waals surface area contributed by atoms with Crippen LogP contribution in [0.4, 0.5) is 4.39 Å². The van der Waals surface area contributed by atoms with E-state index in [9.17, 15) is 4.39 Å². The van der Waals surface area contributed by atoms with Crippen LogP contribution in [0.5, 0.6) is 0 Å². The van der Waals surface area contributed by atoms with Gasteiger partial charge in [0, 0.05) is 5.41 Å². The third kappa shape index (κ3) is 8.12. The molecule has 0 spiro atoms. The maximum absolute atomic E-state index is 12.2. The first-order valence-corrected chi connectivity index (χ1v) is 21.1. The summed E-state index contributed by atoms with van der Waals surface area (Å²) in [5, 5.41) is 1.60. The van der Waals surface area contributed by atoms with E-state index in [2.05, 4.69) is 124 Å². The van der Waals surface area contributed by atoms with Gasteiger partial charge < -0.3 is 24.8 Å². The van der Waals surface area contributed by atoms with Crippen LogP contribution in [0.2, 0.25) is 19.6 Å². The van der Waals surface area contributed by atoms with E-state index < -0.39 is 8.07 Å². The molecule has 4 aliphatic rings. The minimum Gasteiger partial charge on any atom is -1.00 e. The van der Waals surface area contributed by atoms with Gasteiger partial charge in [0.15, 0.2) is 0 Å². The smallest absolute Gasteiger partial charge is 1.00 e. The fraction of sp³-hybridized carbons (Fsp3) is 0.357. The van der Waals surface area contributed by atoms with Crippen LogP contribution in [-0.2, 0) is 41.5 Å². The third-order valence-corrected chi connectivity index (χ3v) is 12.5. The summed E-state index contributed by atoms with van der Waals surface area (Å²) >= 11 is 1.34. The molecule has 0 saturated heterocycles. The molecule has 0 N–H and O–H groups in total. The van der Waals surface area contributed by atoms with Gasteiger partial charge in [0.25, 0.3) is 0 Å². The van der Waals surface area contributed by atoms with Gasteiger partial charge in [-0.2, -0.15) is 11.6 Å². The summed E-state index contributed by atoms with van der Waals surface area (Å²) in [5.74, 6) is 0.383. The van der Waals surface area contributed by atoms with Crippen molar-refractivity contribution in [2.75, 3.05) is 0 Å². The average molecular weight is 761 g/mol. The summed E-state index contributed by atoms with van der Waals surface area (Å²) in [6, 6.07) is 16.3. The molecule has 3 aromatic carbocycles. The van der Waals surface area contributed by atoms with Crippen LogP contribution in [0.25, 0.3) is 22.3 Å². The Bertz CT molecular complexity index is 1730. The summed E-state index contributed by atoms with van der Waals surface area (Å²) in [5.41, 5.74) is 17.0. The number of benzene rings is 3. The summed E-state index contributed by atoms with van der Waals surface area (Å²) in [4.78, 5) is 0. The summed E-state index contributed by atoms with van der Waals surface area (Å²) in [7, 11) is -1.07. The number of hydrogen-bond acceptors (Lipinski definition) is 0. The molecule has 0 radical (unpaired) electrons. The molecule has 0 amide bonds. The van der Waals surface area contributed by atoms with E-state index in [1.807, 2.05) is 3.71 Å². The van der Waals surface area contributed by atoms with Gasteiger partial charge in [-0.05, 0) is 66.4 Å². The first kappa shape index (κ1) is 39.5. The second-order valence-corrected chi connectivity index (χ2v) is 21.0. The first-order chi connectivity index (χ1) is 20.9. The standard InChI is InChI=1S/C25H25.C10H17Si.C7H5F.2ClH.Zr/c1-14-12-24(3,4)22-8-16-7-17-9-23-19(15(2)13-25(23,5)6)11-21(17)20(16)10-18(14)22;1-8-6-9(2)10(7-8)11(3,4)5;1-6-2-4-7(8)5-3-6;;;/h8-12H,7H2,1-6H3;7-8H,1-5H3;1-5H;2*1H;/q2*-1;;;;+2/p-2. The van der Waals surface area contributed by atoms with Crippen LogP contribution in [0.3, 0.4) is 0 Å². The van der Waals surface area contributed by atoms with Crippen molar-refractivity contribution in [2.24, 2.45) is 5.92 Å². The molecule has 0 saturated carbocycles. The molecule has 7 rings (SSSR count). The molecule has 5 heteroatoms. The first-order valence-electron chi connectivity index (χ1n) is 16.2. The van der Waals surface area contributed by atoms with Crippen LogP contribution < -0.4 is 24.8 Å². The van der Waals surface area contributed by atoms with Crippen molar-refractivity contribution in [1.82, 2.24) is 0 Å². The molecule has 0 heterocycles. The Balaban J connectivity index is 0.000000228. The Kier molecular flexibility index (Phi) is 12.2. The van der Waals surface area contributed by atoms with Gasteiger partial charge in [0.2, 0.25) is 0 Å². The van der Waals surface area contributed by atoms with Crippen LogP contribution in [0.15, 0.2) is 71.5 Å². The van der Waals surface area contributed by atoms with Gasteiger partial charge in [0.1, 0.15) is 0 Å². The SMILES string of the molecule is CC1=[C-]C(C)(C)c2cc3c(cc21)-c1cc2c(cc1C3)C(C)(C)C=C2C.CC1=[C-]C(C)C=C1[Si](C)(C)C.Fc1ccc([CH]=[Zr+2])cc1.[Cl-].[Cl-]. The molecule has 0 aromatic heterocycles. The fourth-order valence-electron chi connectivity index (χ4n) is 7.48. The Hall–Kier alpha value is -1.90. The molecule has 3 aromatic rings. The molecule has 0 fully saturated rings. The zero-order valence-electron chi connectivity index (χ0n) is 29.8. The maximum atomic E-state index is 12.2. The molecule has 0 nitrogen and oxygen atoms in total. The molecule has 246 valence electrons. The Morgan fingerprint density at radius 1 is 0.809 bits per heavy atom. The Labute approximate surface area is 311 Å². The monoisotopic (exact) mass is 758 g/mol. The van der Waals surface area contributed by atoms with E-state index in [1.165, 1.54) is 97.6 Å². The zero-order chi connectivity index (χ0) is 33.1. The fourth-order valence-corrected chi connectivity index (χ4v) is 9.90. The van der Waals surface area contributed by atoms with Gasteiger partial charge in [-0.15, -0.1) is 11.6 Å². The quantitative estimate of drug-likeness (QED) is 0.196. The molecule has 1 unspecified atom stereocenters. The topological polar surface area (TPSA) is 0 Å². The van der Waals surface area contributed by atoms with Gasteiger partial charge in [-0.3, -0.25) is 12.2 Å². The van der Waals surface area contributed by atoms with Crippen molar-refractivity contribution in [3.8, 4) is 11.1 Å². The van der Waals surface area contributed by atoms with Crippen LogP contribution in [-0.4, -0.2) is 11.8 Å². The van der Waals surface area contributed by atoms with Crippen LogP contribution in [0.1, 0.15) is 94.3 Å². The Morgan fingerprint density at radius 3 is 1.85 bits per heavy atom. The second kappa shape index (κ2) is 14.5. The Morgan fingerprint density at radius 2 is 1.36 bits per heavy atom. The van der Waals surface area contributed by atoms with E-state index >= 15 is 0 Å². The predicted octanol–water partition coefficient (Wildman–Crippen LogP) is 5.17. The third-order valence-electron chi connectivity index (χ3n) is 9.54. The number of fused-ring (bicyclic) bond motifs is 5. The van der Waals surface area contributed by atoms with Gasteiger partial charge in [-0.1, -0.05) is 97.6 Å². The molecular weight excluding hydrogens is 714 g/mol. The normalized spacial score (nSPS) is 18.6. The summed E-state index contributed by atoms with van der Waals surface area (Å²) in [6.07, 6.45) is 12.9. The summed E-state index contributed by atoms with van der Waals surface area (Å²) < 4.78 is 14.2. The molecule has 4 aliphatic carbocycles. The number of rotatable bonds is 2. The molecule has 0 aliphatic heterocycles. The van der Waals surface area contributed by atoms with Crippen molar-refractivity contribution in [3.05, 3.63) is 128 Å². The van der Waals surface area contributed by atoms with E-state index in [0.717, 1.165) is 12.0 Å². The minimum absolute atomic E-state index is 0. The number of hydrogen-bond donors (Lipinski definition) is 0. The van der Waals surface area contributed by atoms with E-state index in [0.29, 0.717) is 5.92 Å². The largest absolute Gasteiger partial charge is 1.00 e. The second-order valence-electron chi connectivity index (χ2n) is 15.3. The molecular formula is C42H47Cl2FSiZr-2. The predicted molar refractivity (Wildman–Crippen MR) is 191 cm³/mol. The van der Waals surface area contributed by atoms with E-state index in [1.54, 1.807) is 17.3 Å². The van der Waals surface area contributed by atoms with Gasteiger partial charge in [0.05, 0.1) is 0 Å². The maximum Gasteiger partial charge on any atom is -1.00 e. The number of allylic oxidation sites excluding steroid dienone is 8. The van der Waals surface area contributed by atoms with E-state index in [4.69, 9.17) is 0 Å². The summed E-state index contributed by atoms with van der Waals surface area (Å²) in [6.45, 7) is 25.2. The molecule has 47 heavy (non-hydrogen) atoms. The number of halogens is 3. The minimum atomic E-state index is -1.07.